The summed E-state index contributed by atoms with van der Waals surface area (Å²) in [6.45, 7) is 3.62. The summed E-state index contributed by atoms with van der Waals surface area (Å²) < 4.78 is 5.71. The molecule has 0 N–H and O–H groups in total. The number of rotatable bonds is 8. The van der Waals surface area contributed by atoms with Crippen molar-refractivity contribution in [2.45, 2.75) is 13.5 Å². The largest absolute Gasteiger partial charge is 0.483 e. The fourth-order valence-corrected chi connectivity index (χ4v) is 2.66. The van der Waals surface area contributed by atoms with E-state index in [0.29, 0.717) is 29.4 Å². The summed E-state index contributed by atoms with van der Waals surface area (Å²) in [6.07, 6.45) is 0. The molecule has 0 unspecified atom stereocenters. The zero-order chi connectivity index (χ0) is 19.8. The molecule has 0 bridgehead atoms. The summed E-state index contributed by atoms with van der Waals surface area (Å²) in [5.41, 5.74) is 2.39. The Morgan fingerprint density at radius 1 is 1.15 bits per heavy atom. The number of ether oxygens (including phenoxy) is 1. The van der Waals surface area contributed by atoms with Gasteiger partial charge in [0.25, 0.3) is 5.91 Å². The number of carbonyl (C=O) groups is 1. The second-order valence-corrected chi connectivity index (χ2v) is 6.99. The lowest BCUT2D eigenvalue weighted by atomic mass is 10.1. The van der Waals surface area contributed by atoms with E-state index < -0.39 is 0 Å². The Hall–Kier alpha value is -2.55. The topological polar surface area (TPSA) is 56.6 Å². The van der Waals surface area contributed by atoms with E-state index >= 15 is 0 Å². The SMILES string of the molecule is Cc1c(Cl)cccc1OCC(=O)N(CCN(C)C)Cc1ccc(C#N)cc1. The van der Waals surface area contributed by atoms with Crippen molar-refractivity contribution in [3.05, 3.63) is 64.2 Å². The van der Waals surface area contributed by atoms with Gasteiger partial charge in [0.2, 0.25) is 0 Å². The van der Waals surface area contributed by atoms with Crippen molar-refractivity contribution in [2.75, 3.05) is 33.8 Å². The van der Waals surface area contributed by atoms with E-state index in [0.717, 1.165) is 17.7 Å². The molecule has 1 amide bonds. The van der Waals surface area contributed by atoms with Crippen molar-refractivity contribution in [2.24, 2.45) is 0 Å². The summed E-state index contributed by atoms with van der Waals surface area (Å²) in [4.78, 5) is 16.5. The Balaban J connectivity index is 2.05. The predicted molar refractivity (Wildman–Crippen MR) is 107 cm³/mol. The van der Waals surface area contributed by atoms with Gasteiger partial charge in [-0.15, -0.1) is 0 Å². The highest BCUT2D eigenvalue weighted by Gasteiger charge is 2.16. The molecule has 2 aromatic carbocycles. The second kappa shape index (κ2) is 9.96. The maximum Gasteiger partial charge on any atom is 0.260 e. The first kappa shape index (κ1) is 20.8. The van der Waals surface area contributed by atoms with Crippen molar-refractivity contribution in [1.82, 2.24) is 9.80 Å². The number of benzene rings is 2. The van der Waals surface area contributed by atoms with Crippen LogP contribution in [-0.2, 0) is 11.3 Å². The average Bonchev–Trinajstić information content (AvgIpc) is 2.66. The minimum atomic E-state index is -0.0967. The standard InChI is InChI=1S/C21H24ClN3O2/c1-16-19(22)5-4-6-20(16)27-15-21(26)25(12-11-24(2)3)14-18-9-7-17(13-23)8-10-18/h4-10H,11-12,14-15H2,1-3H3. The minimum Gasteiger partial charge on any atom is -0.483 e. The minimum absolute atomic E-state index is 0.0507. The quantitative estimate of drug-likeness (QED) is 0.698. The number of amides is 1. The third kappa shape index (κ3) is 6.28. The Morgan fingerprint density at radius 3 is 2.48 bits per heavy atom. The summed E-state index contributed by atoms with van der Waals surface area (Å²) in [5.74, 6) is 0.516. The third-order valence-electron chi connectivity index (χ3n) is 4.20. The molecule has 0 spiro atoms. The van der Waals surface area contributed by atoms with Gasteiger partial charge in [-0.25, -0.2) is 0 Å². The fourth-order valence-electron chi connectivity index (χ4n) is 2.49. The average molecular weight is 386 g/mol. The van der Waals surface area contributed by atoms with Gasteiger partial charge in [-0.3, -0.25) is 4.79 Å². The first-order valence-corrected chi connectivity index (χ1v) is 9.08. The van der Waals surface area contributed by atoms with Crippen LogP contribution in [0.1, 0.15) is 16.7 Å². The molecule has 27 heavy (non-hydrogen) atoms. The van der Waals surface area contributed by atoms with Gasteiger partial charge < -0.3 is 14.5 Å². The van der Waals surface area contributed by atoms with E-state index in [1.54, 1.807) is 35.2 Å². The summed E-state index contributed by atoms with van der Waals surface area (Å²) in [5, 5.41) is 9.53. The van der Waals surface area contributed by atoms with Crippen LogP contribution in [0.15, 0.2) is 42.5 Å². The van der Waals surface area contributed by atoms with Crippen molar-refractivity contribution in [1.29, 1.82) is 5.26 Å². The number of hydrogen-bond acceptors (Lipinski definition) is 4. The first-order valence-electron chi connectivity index (χ1n) is 8.70. The van der Waals surface area contributed by atoms with Crippen molar-refractivity contribution >= 4 is 17.5 Å². The lowest BCUT2D eigenvalue weighted by molar-refractivity contribution is -0.134. The van der Waals surface area contributed by atoms with Gasteiger partial charge in [-0.2, -0.15) is 5.26 Å². The number of nitriles is 1. The molecule has 0 aliphatic carbocycles. The monoisotopic (exact) mass is 385 g/mol. The Bertz CT molecular complexity index is 813. The predicted octanol–water partition coefficient (Wildman–Crippen LogP) is 3.49. The summed E-state index contributed by atoms with van der Waals surface area (Å²) in [7, 11) is 3.94. The van der Waals surface area contributed by atoms with E-state index in [-0.39, 0.29) is 12.5 Å². The Kier molecular flexibility index (Phi) is 7.66. The van der Waals surface area contributed by atoms with Gasteiger partial charge in [0, 0.05) is 30.2 Å². The van der Waals surface area contributed by atoms with Gasteiger partial charge in [-0.1, -0.05) is 29.8 Å². The maximum atomic E-state index is 12.7. The van der Waals surface area contributed by atoms with Crippen molar-refractivity contribution in [3.63, 3.8) is 0 Å². The lowest BCUT2D eigenvalue weighted by Gasteiger charge is -2.25. The molecule has 0 aliphatic heterocycles. The molecule has 0 radical (unpaired) electrons. The van der Waals surface area contributed by atoms with Crippen LogP contribution in [-0.4, -0.2) is 49.5 Å². The zero-order valence-corrected chi connectivity index (χ0v) is 16.7. The number of hydrogen-bond donors (Lipinski definition) is 0. The van der Waals surface area contributed by atoms with Crippen LogP contribution in [0.5, 0.6) is 5.75 Å². The van der Waals surface area contributed by atoms with Crippen molar-refractivity contribution in [3.8, 4) is 11.8 Å². The molecule has 5 nitrogen and oxygen atoms in total. The molecule has 2 aromatic rings. The first-order chi connectivity index (χ1) is 12.9. The molecule has 0 aromatic heterocycles. The second-order valence-electron chi connectivity index (χ2n) is 6.58. The van der Waals surface area contributed by atoms with E-state index in [4.69, 9.17) is 21.6 Å². The van der Waals surface area contributed by atoms with Gasteiger partial charge in [0.05, 0.1) is 11.6 Å². The number of nitrogens with zero attached hydrogens (tertiary/aromatic N) is 3. The van der Waals surface area contributed by atoms with Crippen LogP contribution < -0.4 is 4.74 Å². The molecule has 2 rings (SSSR count). The van der Waals surface area contributed by atoms with Crippen LogP contribution >= 0.6 is 11.6 Å². The van der Waals surface area contributed by atoms with Gasteiger partial charge in [-0.05, 0) is 50.8 Å². The number of halogens is 1. The molecule has 0 saturated heterocycles. The Morgan fingerprint density at radius 2 is 1.85 bits per heavy atom. The molecule has 0 aliphatic rings. The van der Waals surface area contributed by atoms with Crippen LogP contribution in [0.3, 0.4) is 0 Å². The van der Waals surface area contributed by atoms with Gasteiger partial charge in [0.1, 0.15) is 5.75 Å². The molecular weight excluding hydrogens is 362 g/mol. The molecule has 142 valence electrons. The van der Waals surface area contributed by atoms with E-state index in [2.05, 4.69) is 6.07 Å². The van der Waals surface area contributed by atoms with Gasteiger partial charge in [0.15, 0.2) is 6.61 Å². The maximum absolute atomic E-state index is 12.7. The molecule has 0 fully saturated rings. The van der Waals surface area contributed by atoms with E-state index in [1.807, 2.05) is 38.1 Å². The number of carbonyl (C=O) groups excluding carboxylic acids is 1. The highest BCUT2D eigenvalue weighted by Crippen LogP contribution is 2.25. The summed E-state index contributed by atoms with van der Waals surface area (Å²) in [6, 6.07) is 14.8. The molecule has 0 saturated carbocycles. The van der Waals surface area contributed by atoms with E-state index in [9.17, 15) is 4.79 Å². The smallest absolute Gasteiger partial charge is 0.260 e. The van der Waals surface area contributed by atoms with Gasteiger partial charge >= 0.3 is 0 Å². The summed E-state index contributed by atoms with van der Waals surface area (Å²) >= 11 is 6.10. The van der Waals surface area contributed by atoms with Crippen LogP contribution in [0, 0.1) is 18.3 Å². The van der Waals surface area contributed by atoms with Crippen molar-refractivity contribution < 1.29 is 9.53 Å². The Labute approximate surface area is 165 Å². The fraction of sp³-hybridized carbons (Fsp3) is 0.333. The zero-order valence-electron chi connectivity index (χ0n) is 15.9. The highest BCUT2D eigenvalue weighted by molar-refractivity contribution is 6.31. The third-order valence-corrected chi connectivity index (χ3v) is 4.60. The lowest BCUT2D eigenvalue weighted by Crippen LogP contribution is -2.39. The van der Waals surface area contributed by atoms with E-state index in [1.165, 1.54) is 0 Å². The van der Waals surface area contributed by atoms with Crippen LogP contribution in [0.25, 0.3) is 0 Å². The normalized spacial score (nSPS) is 10.5. The number of likely N-dealkylation sites (N-methyl/N-ethyl adjacent to an activating group) is 1. The molecule has 6 heteroatoms. The molecule has 0 heterocycles. The molecule has 0 atom stereocenters. The molecular formula is C21H24ClN3O2. The highest BCUT2D eigenvalue weighted by atomic mass is 35.5. The van der Waals surface area contributed by atoms with Crippen LogP contribution in [0.2, 0.25) is 5.02 Å². The van der Waals surface area contributed by atoms with Crippen LogP contribution in [0.4, 0.5) is 0 Å².